The van der Waals surface area contributed by atoms with E-state index in [1.165, 1.54) is 0 Å². The second-order valence-electron chi connectivity index (χ2n) is 10.8. The van der Waals surface area contributed by atoms with E-state index in [0.717, 1.165) is 28.0 Å². The molecule has 2 aromatic carbocycles. The van der Waals surface area contributed by atoms with Crippen LogP contribution in [0.3, 0.4) is 0 Å². The number of rotatable bonds is 13. The summed E-state index contributed by atoms with van der Waals surface area (Å²) in [5, 5.41) is 15.7. The summed E-state index contributed by atoms with van der Waals surface area (Å²) >= 11 is 6.37. The van der Waals surface area contributed by atoms with Crippen molar-refractivity contribution in [3.63, 3.8) is 0 Å². The number of amides is 2. The molecule has 4 rings (SSSR count). The molecule has 4 aromatic rings. The van der Waals surface area contributed by atoms with Crippen molar-refractivity contribution in [2.24, 2.45) is 0 Å². The van der Waals surface area contributed by atoms with Crippen molar-refractivity contribution in [1.82, 2.24) is 24.9 Å². The topological polar surface area (TPSA) is 108 Å². The predicted octanol–water partition coefficient (Wildman–Crippen LogP) is 4.00. The van der Waals surface area contributed by atoms with E-state index in [0.29, 0.717) is 29.2 Å². The van der Waals surface area contributed by atoms with Crippen LogP contribution in [0, 0.1) is 0 Å². The summed E-state index contributed by atoms with van der Waals surface area (Å²) in [5.74, 6) is 0.103. The highest BCUT2D eigenvalue weighted by Crippen LogP contribution is 2.27. The molecule has 3 N–H and O–H groups in total. The van der Waals surface area contributed by atoms with Gasteiger partial charge in [-0.1, -0.05) is 41.9 Å². The normalized spacial score (nSPS) is 12.1. The summed E-state index contributed by atoms with van der Waals surface area (Å²) in [6.45, 7) is 4.40. The van der Waals surface area contributed by atoms with E-state index in [1.807, 2.05) is 81.1 Å². The molecule has 42 heavy (non-hydrogen) atoms. The number of aliphatic hydroxyl groups is 1. The lowest BCUT2D eigenvalue weighted by molar-refractivity contribution is -0.121. The van der Waals surface area contributed by atoms with E-state index < -0.39 is 0 Å². The molecule has 0 radical (unpaired) electrons. The molecule has 0 fully saturated rings. The van der Waals surface area contributed by atoms with E-state index in [9.17, 15) is 14.7 Å². The highest BCUT2D eigenvalue weighted by atomic mass is 35.5. The average molecular weight is 592 g/mol. The summed E-state index contributed by atoms with van der Waals surface area (Å²) in [5.41, 5.74) is 5.00. The number of carbonyl (C=O) groups is 2. The molecule has 222 valence electrons. The van der Waals surface area contributed by atoms with Crippen LogP contribution < -0.4 is 15.4 Å². The first kappa shape index (κ1) is 31.0. The Balaban J connectivity index is 1.50. The average Bonchev–Trinajstić information content (AvgIpc) is 3.38. The van der Waals surface area contributed by atoms with Crippen molar-refractivity contribution in [1.29, 1.82) is 0 Å². The minimum absolute atomic E-state index is 0.0415. The van der Waals surface area contributed by atoms with Crippen molar-refractivity contribution in [3.05, 3.63) is 88.7 Å². The highest BCUT2D eigenvalue weighted by Gasteiger charge is 2.18. The number of nitrogens with zero attached hydrogens (tertiary/aromatic N) is 3. The molecular formula is C32H38ClN5O4. The Morgan fingerprint density at radius 2 is 1.88 bits per heavy atom. The molecule has 2 heterocycles. The monoisotopic (exact) mass is 591 g/mol. The van der Waals surface area contributed by atoms with Crippen molar-refractivity contribution < 1.29 is 19.4 Å². The molecule has 0 saturated heterocycles. The maximum absolute atomic E-state index is 13.2. The van der Waals surface area contributed by atoms with Crippen LogP contribution >= 0.6 is 11.6 Å². The second-order valence-corrected chi connectivity index (χ2v) is 11.2. The van der Waals surface area contributed by atoms with Gasteiger partial charge in [-0.15, -0.1) is 0 Å². The fourth-order valence-electron chi connectivity index (χ4n) is 4.64. The number of aliphatic hydroxyl groups excluding tert-OH is 1. The summed E-state index contributed by atoms with van der Waals surface area (Å²) < 4.78 is 7.64. The van der Waals surface area contributed by atoms with Crippen LogP contribution in [0.4, 0.5) is 0 Å². The smallest absolute Gasteiger partial charge is 0.251 e. The number of hydrogen-bond donors (Lipinski definition) is 3. The quantitative estimate of drug-likeness (QED) is 0.217. The number of likely N-dealkylation sites (N-methyl/N-ethyl adjacent to an activating group) is 1. The Kier molecular flexibility index (Phi) is 10.6. The maximum atomic E-state index is 13.2. The first-order valence-electron chi connectivity index (χ1n) is 14.0. The Morgan fingerprint density at radius 3 is 2.55 bits per heavy atom. The Bertz CT molecular complexity index is 1520. The van der Waals surface area contributed by atoms with E-state index in [1.54, 1.807) is 23.1 Å². The van der Waals surface area contributed by atoms with Crippen LogP contribution in [0.25, 0.3) is 16.9 Å². The van der Waals surface area contributed by atoms with E-state index in [2.05, 4.69) is 10.6 Å². The van der Waals surface area contributed by atoms with E-state index in [-0.39, 0.29) is 43.7 Å². The molecule has 2 aromatic heterocycles. The van der Waals surface area contributed by atoms with Gasteiger partial charge in [0.25, 0.3) is 5.91 Å². The highest BCUT2D eigenvalue weighted by molar-refractivity contribution is 6.32. The van der Waals surface area contributed by atoms with Crippen LogP contribution in [0.1, 0.15) is 35.3 Å². The number of benzene rings is 2. The third kappa shape index (κ3) is 8.31. The van der Waals surface area contributed by atoms with Gasteiger partial charge in [0.15, 0.2) is 0 Å². The summed E-state index contributed by atoms with van der Waals surface area (Å²) in [4.78, 5) is 32.1. The SMILES string of the molecule is CC(C)Oc1ccc(C(=O)NC(CNC(=O)CN(C)C)Cc2ccc(-c3cn4cccc(CCO)c4n3)cc2)cc1Cl. The van der Waals surface area contributed by atoms with Crippen molar-refractivity contribution in [3.8, 4) is 17.0 Å². The minimum atomic E-state index is -0.365. The van der Waals surface area contributed by atoms with Gasteiger partial charge in [-0.25, -0.2) is 4.98 Å². The first-order valence-corrected chi connectivity index (χ1v) is 14.4. The van der Waals surface area contributed by atoms with E-state index in [4.69, 9.17) is 21.3 Å². The van der Waals surface area contributed by atoms with Gasteiger partial charge in [-0.2, -0.15) is 0 Å². The van der Waals surface area contributed by atoms with Crippen LogP contribution in [0.5, 0.6) is 5.75 Å². The third-order valence-electron chi connectivity index (χ3n) is 6.57. The zero-order chi connectivity index (χ0) is 30.2. The number of ether oxygens (including phenoxy) is 1. The second kappa shape index (κ2) is 14.3. The van der Waals surface area contributed by atoms with E-state index >= 15 is 0 Å². The third-order valence-corrected chi connectivity index (χ3v) is 6.87. The number of carbonyl (C=O) groups excluding carboxylic acids is 2. The first-order chi connectivity index (χ1) is 20.1. The predicted molar refractivity (Wildman–Crippen MR) is 165 cm³/mol. The lowest BCUT2D eigenvalue weighted by Gasteiger charge is -2.21. The Hall–Kier alpha value is -3.92. The van der Waals surface area contributed by atoms with Crippen molar-refractivity contribution in [2.75, 3.05) is 33.8 Å². The number of pyridine rings is 1. The van der Waals surface area contributed by atoms with Gasteiger partial charge in [-0.3, -0.25) is 9.59 Å². The molecule has 0 aliphatic heterocycles. The number of fused-ring (bicyclic) bond motifs is 1. The Labute approximate surface area is 251 Å². The molecule has 9 nitrogen and oxygen atoms in total. The molecule has 10 heteroatoms. The summed E-state index contributed by atoms with van der Waals surface area (Å²) in [7, 11) is 3.65. The molecular weight excluding hydrogens is 554 g/mol. The van der Waals surface area contributed by atoms with Crippen LogP contribution in [0.15, 0.2) is 67.0 Å². The standard InChI is InChI=1S/C32H38ClN5O4/c1-21(2)42-29-12-11-25(17-27(29)33)32(41)35-26(18-34-30(40)20-37(3)4)16-22-7-9-23(10-8-22)28-19-38-14-5-6-24(13-15-39)31(38)36-28/h5-12,14,17,19,21,26,39H,13,15-16,18,20H2,1-4H3,(H,34,40)(H,35,41). The maximum Gasteiger partial charge on any atom is 0.251 e. The minimum Gasteiger partial charge on any atom is -0.489 e. The van der Waals surface area contributed by atoms with Crippen molar-refractivity contribution in [2.45, 2.75) is 38.8 Å². The van der Waals surface area contributed by atoms with Gasteiger partial charge in [0.2, 0.25) is 5.91 Å². The molecule has 1 unspecified atom stereocenters. The number of imidazole rings is 1. The van der Waals surface area contributed by atoms with Crippen molar-refractivity contribution >= 4 is 29.1 Å². The van der Waals surface area contributed by atoms with Gasteiger partial charge >= 0.3 is 0 Å². The van der Waals surface area contributed by atoms with Crippen LogP contribution in [-0.4, -0.2) is 77.1 Å². The fraction of sp³-hybridized carbons (Fsp3) is 0.344. The molecule has 0 saturated carbocycles. The fourth-order valence-corrected chi connectivity index (χ4v) is 4.86. The number of hydrogen-bond acceptors (Lipinski definition) is 6. The number of nitrogens with one attached hydrogen (secondary N) is 2. The summed E-state index contributed by atoms with van der Waals surface area (Å²) in [6.07, 6.45) is 4.91. The number of aromatic nitrogens is 2. The molecule has 0 spiro atoms. The van der Waals surface area contributed by atoms with Crippen LogP contribution in [-0.2, 0) is 17.6 Å². The lowest BCUT2D eigenvalue weighted by Crippen LogP contribution is -2.46. The zero-order valence-corrected chi connectivity index (χ0v) is 25.2. The molecule has 0 bridgehead atoms. The molecule has 0 aliphatic carbocycles. The lowest BCUT2D eigenvalue weighted by atomic mass is 10.0. The van der Waals surface area contributed by atoms with Gasteiger partial charge in [0, 0.05) is 36.7 Å². The molecule has 1 atom stereocenters. The summed E-state index contributed by atoms with van der Waals surface area (Å²) in [6, 6.07) is 16.5. The molecule has 2 amide bonds. The largest absolute Gasteiger partial charge is 0.489 e. The Morgan fingerprint density at radius 1 is 1.12 bits per heavy atom. The van der Waals surface area contributed by atoms with Gasteiger partial charge in [-0.05, 0) is 76.2 Å². The van der Waals surface area contributed by atoms with Gasteiger partial charge < -0.3 is 29.8 Å². The molecule has 0 aliphatic rings. The number of halogens is 1. The van der Waals surface area contributed by atoms with Gasteiger partial charge in [0.05, 0.1) is 29.4 Å². The van der Waals surface area contributed by atoms with Gasteiger partial charge in [0.1, 0.15) is 11.4 Å². The zero-order valence-electron chi connectivity index (χ0n) is 24.4. The van der Waals surface area contributed by atoms with Crippen LogP contribution in [0.2, 0.25) is 5.02 Å².